The lowest BCUT2D eigenvalue weighted by atomic mass is 10.1. The van der Waals surface area contributed by atoms with E-state index >= 15 is 0 Å². The van der Waals surface area contributed by atoms with Gasteiger partial charge in [0, 0.05) is 35.5 Å². The summed E-state index contributed by atoms with van der Waals surface area (Å²) in [5.74, 6) is 0.807. The molecule has 0 aliphatic carbocycles. The summed E-state index contributed by atoms with van der Waals surface area (Å²) in [5.41, 5.74) is 2.07. The lowest BCUT2D eigenvalue weighted by molar-refractivity contribution is -0.00883. The maximum Gasteiger partial charge on any atom is 0.189 e. The number of nitrogens with zero attached hydrogens (tertiary/aromatic N) is 1. The highest BCUT2D eigenvalue weighted by Crippen LogP contribution is 2.25. The van der Waals surface area contributed by atoms with Gasteiger partial charge in [0.1, 0.15) is 5.75 Å². The number of ether oxygens (including phenoxy) is 3. The summed E-state index contributed by atoms with van der Waals surface area (Å²) >= 11 is 3.49. The zero-order valence-electron chi connectivity index (χ0n) is 11.9. The number of pyridine rings is 1. The zero-order chi connectivity index (χ0) is 14.9. The van der Waals surface area contributed by atoms with E-state index in [1.54, 1.807) is 13.3 Å². The molecule has 1 aromatic carbocycles. The van der Waals surface area contributed by atoms with Crippen molar-refractivity contribution in [2.45, 2.75) is 6.42 Å². The second kappa shape index (κ2) is 8.77. The van der Waals surface area contributed by atoms with Gasteiger partial charge in [-0.3, -0.25) is 4.98 Å². The third-order valence-corrected chi connectivity index (χ3v) is 3.34. The van der Waals surface area contributed by atoms with E-state index < -0.39 is 0 Å². The van der Waals surface area contributed by atoms with E-state index in [0.717, 1.165) is 21.5 Å². The fourth-order valence-electron chi connectivity index (χ4n) is 1.83. The Morgan fingerprint density at radius 1 is 1.14 bits per heavy atom. The van der Waals surface area contributed by atoms with Crippen molar-refractivity contribution < 1.29 is 14.2 Å². The van der Waals surface area contributed by atoms with Crippen LogP contribution in [0.1, 0.15) is 11.3 Å². The molecule has 0 bridgehead atoms. The van der Waals surface area contributed by atoms with E-state index in [-0.39, 0.29) is 6.79 Å². The second-order valence-corrected chi connectivity index (χ2v) is 5.33. The van der Waals surface area contributed by atoms with Crippen LogP contribution in [0.25, 0.3) is 0 Å². The molecule has 0 unspecified atom stereocenters. The number of hydrogen-bond acceptors (Lipinski definition) is 4. The predicted molar refractivity (Wildman–Crippen MR) is 84.5 cm³/mol. The molecular formula is C16H18BrNO3. The van der Waals surface area contributed by atoms with Crippen molar-refractivity contribution >= 4 is 15.9 Å². The number of hydrogen-bond donors (Lipinski definition) is 0. The molecule has 0 fully saturated rings. The van der Waals surface area contributed by atoms with Gasteiger partial charge in [0.25, 0.3) is 0 Å². The van der Waals surface area contributed by atoms with Gasteiger partial charge >= 0.3 is 0 Å². The first-order valence-electron chi connectivity index (χ1n) is 6.67. The van der Waals surface area contributed by atoms with Gasteiger partial charge in [-0.1, -0.05) is 22.0 Å². The number of aromatic nitrogens is 1. The van der Waals surface area contributed by atoms with Crippen LogP contribution in [0.4, 0.5) is 0 Å². The van der Waals surface area contributed by atoms with Crippen molar-refractivity contribution in [3.05, 3.63) is 58.3 Å². The third kappa shape index (κ3) is 5.46. The van der Waals surface area contributed by atoms with Crippen molar-refractivity contribution in [1.29, 1.82) is 0 Å². The molecule has 0 spiro atoms. The molecule has 4 nitrogen and oxygen atoms in total. The molecule has 1 aromatic heterocycles. The van der Waals surface area contributed by atoms with E-state index in [9.17, 15) is 0 Å². The van der Waals surface area contributed by atoms with Crippen LogP contribution in [-0.4, -0.2) is 32.1 Å². The molecule has 0 saturated heterocycles. The third-order valence-electron chi connectivity index (χ3n) is 2.85. The highest BCUT2D eigenvalue weighted by molar-refractivity contribution is 9.10. The lowest BCUT2D eigenvalue weighted by Gasteiger charge is -2.12. The minimum Gasteiger partial charge on any atom is -0.467 e. The van der Waals surface area contributed by atoms with E-state index in [1.807, 2.05) is 36.4 Å². The molecule has 2 rings (SSSR count). The Bertz CT molecular complexity index is 548. The molecule has 0 atom stereocenters. The van der Waals surface area contributed by atoms with Gasteiger partial charge in [0.2, 0.25) is 0 Å². The van der Waals surface area contributed by atoms with Crippen LogP contribution in [-0.2, 0) is 15.9 Å². The molecule has 1 heterocycles. The first kappa shape index (κ1) is 15.9. The van der Waals surface area contributed by atoms with Gasteiger partial charge in [-0.25, -0.2) is 0 Å². The zero-order valence-corrected chi connectivity index (χ0v) is 13.5. The second-order valence-electron chi connectivity index (χ2n) is 4.41. The van der Waals surface area contributed by atoms with Gasteiger partial charge in [0.15, 0.2) is 6.79 Å². The Balaban J connectivity index is 2.00. The Morgan fingerprint density at radius 3 is 2.81 bits per heavy atom. The highest BCUT2D eigenvalue weighted by Gasteiger charge is 2.07. The smallest absolute Gasteiger partial charge is 0.189 e. The standard InChI is InChI=1S/C16H18BrNO3/c1-19-8-9-20-12-21-16-6-5-14(17)10-13(16)11-15-4-2-3-7-18-15/h2-7,10H,8-9,11-12H2,1H3. The average Bonchev–Trinajstić information content (AvgIpc) is 2.50. The molecule has 0 saturated carbocycles. The van der Waals surface area contributed by atoms with Crippen molar-refractivity contribution in [3.63, 3.8) is 0 Å². The first-order valence-corrected chi connectivity index (χ1v) is 7.46. The Morgan fingerprint density at radius 2 is 2.05 bits per heavy atom. The van der Waals surface area contributed by atoms with E-state index in [1.165, 1.54) is 0 Å². The van der Waals surface area contributed by atoms with Gasteiger partial charge in [-0.05, 0) is 30.3 Å². The molecule has 21 heavy (non-hydrogen) atoms. The van der Waals surface area contributed by atoms with Gasteiger partial charge < -0.3 is 14.2 Å². The summed E-state index contributed by atoms with van der Waals surface area (Å²) < 4.78 is 17.0. The highest BCUT2D eigenvalue weighted by atomic mass is 79.9. The van der Waals surface area contributed by atoms with Crippen LogP contribution < -0.4 is 4.74 Å². The van der Waals surface area contributed by atoms with Crippen LogP contribution in [0.5, 0.6) is 5.75 Å². The first-order chi connectivity index (χ1) is 10.3. The Labute approximate surface area is 133 Å². The summed E-state index contributed by atoms with van der Waals surface area (Å²) in [6.45, 7) is 1.29. The molecule has 5 heteroatoms. The minimum atomic E-state index is 0.209. The average molecular weight is 352 g/mol. The quantitative estimate of drug-likeness (QED) is 0.539. The van der Waals surface area contributed by atoms with Crippen molar-refractivity contribution in [2.24, 2.45) is 0 Å². The summed E-state index contributed by atoms with van der Waals surface area (Å²) in [7, 11) is 1.64. The monoisotopic (exact) mass is 351 g/mol. The summed E-state index contributed by atoms with van der Waals surface area (Å²) in [6.07, 6.45) is 2.51. The molecule has 0 N–H and O–H groups in total. The molecule has 0 aliphatic rings. The fraction of sp³-hybridized carbons (Fsp3) is 0.312. The topological polar surface area (TPSA) is 40.6 Å². The summed E-state index contributed by atoms with van der Waals surface area (Å²) in [4.78, 5) is 4.35. The molecule has 0 amide bonds. The summed E-state index contributed by atoms with van der Waals surface area (Å²) in [5, 5.41) is 0. The fourth-order valence-corrected chi connectivity index (χ4v) is 2.24. The number of rotatable bonds is 8. The van der Waals surface area contributed by atoms with Crippen molar-refractivity contribution in [2.75, 3.05) is 27.1 Å². The number of halogens is 1. The van der Waals surface area contributed by atoms with Crippen LogP contribution in [0.15, 0.2) is 47.1 Å². The van der Waals surface area contributed by atoms with Gasteiger partial charge in [-0.15, -0.1) is 0 Å². The van der Waals surface area contributed by atoms with Gasteiger partial charge in [-0.2, -0.15) is 0 Å². The molecule has 112 valence electrons. The SMILES string of the molecule is COCCOCOc1ccc(Br)cc1Cc1ccccn1. The number of benzene rings is 1. The van der Waals surface area contributed by atoms with Crippen molar-refractivity contribution in [1.82, 2.24) is 4.98 Å². The maximum atomic E-state index is 5.68. The van der Waals surface area contributed by atoms with E-state index in [4.69, 9.17) is 14.2 Å². The minimum absolute atomic E-state index is 0.209. The number of methoxy groups -OCH3 is 1. The van der Waals surface area contributed by atoms with E-state index in [2.05, 4.69) is 20.9 Å². The van der Waals surface area contributed by atoms with Crippen LogP contribution in [0.3, 0.4) is 0 Å². The van der Waals surface area contributed by atoms with Gasteiger partial charge in [0.05, 0.1) is 13.2 Å². The van der Waals surface area contributed by atoms with Crippen LogP contribution in [0.2, 0.25) is 0 Å². The maximum absolute atomic E-state index is 5.68. The van der Waals surface area contributed by atoms with Crippen LogP contribution in [0, 0.1) is 0 Å². The lowest BCUT2D eigenvalue weighted by Crippen LogP contribution is -2.09. The van der Waals surface area contributed by atoms with E-state index in [0.29, 0.717) is 19.6 Å². The largest absolute Gasteiger partial charge is 0.467 e. The molecule has 0 aliphatic heterocycles. The normalized spacial score (nSPS) is 10.6. The molecule has 0 radical (unpaired) electrons. The summed E-state index contributed by atoms with van der Waals surface area (Å²) in [6, 6.07) is 11.8. The Hall–Kier alpha value is -1.43. The Kier molecular flexibility index (Phi) is 6.66. The van der Waals surface area contributed by atoms with Crippen LogP contribution >= 0.6 is 15.9 Å². The predicted octanol–water partition coefficient (Wildman–Crippen LogP) is 3.43. The van der Waals surface area contributed by atoms with Crippen molar-refractivity contribution in [3.8, 4) is 5.75 Å². The molecular weight excluding hydrogens is 334 g/mol. The molecule has 2 aromatic rings.